The van der Waals surface area contributed by atoms with E-state index in [0.717, 1.165) is 71.7 Å². The van der Waals surface area contributed by atoms with Crippen molar-refractivity contribution < 1.29 is 19.4 Å². The molecule has 0 saturated carbocycles. The predicted octanol–water partition coefficient (Wildman–Crippen LogP) is 2.72. The van der Waals surface area contributed by atoms with Crippen LogP contribution in [0, 0.1) is 0 Å². The van der Waals surface area contributed by atoms with Crippen molar-refractivity contribution in [2.45, 2.75) is 25.3 Å². The van der Waals surface area contributed by atoms with Crippen molar-refractivity contribution in [3.63, 3.8) is 0 Å². The molecule has 2 saturated heterocycles. The number of amides is 1. The lowest BCUT2D eigenvalue weighted by Gasteiger charge is -2.38. The van der Waals surface area contributed by atoms with Gasteiger partial charge in [0.1, 0.15) is 11.4 Å². The highest BCUT2D eigenvalue weighted by Crippen LogP contribution is 2.26. The van der Waals surface area contributed by atoms with Gasteiger partial charge in [0.2, 0.25) is 0 Å². The smallest absolute Gasteiger partial charge is 0.339 e. The number of aromatic carboxylic acids is 1. The fraction of sp³-hybridized carbons (Fsp3) is 0.542. The highest BCUT2D eigenvalue weighted by molar-refractivity contribution is 7.12. The first kappa shape index (κ1) is 24.6. The second-order valence-electron chi connectivity index (χ2n) is 8.84. The molecule has 2 aromatic rings. The molecule has 184 valence electrons. The minimum absolute atomic E-state index is 0.112. The highest BCUT2D eigenvalue weighted by atomic mass is 32.1. The Morgan fingerprint density at radius 2 is 2.03 bits per heavy atom. The summed E-state index contributed by atoms with van der Waals surface area (Å²) in [5.41, 5.74) is 0.496. The molecule has 2 N–H and O–H groups in total. The summed E-state index contributed by atoms with van der Waals surface area (Å²) in [7, 11) is 2.19. The first-order chi connectivity index (χ1) is 16.5. The number of carbonyl (C=O) groups excluding carboxylic acids is 1. The number of aromatic nitrogens is 1. The van der Waals surface area contributed by atoms with Crippen LogP contribution in [0.3, 0.4) is 0 Å². The molecule has 0 unspecified atom stereocenters. The van der Waals surface area contributed by atoms with Crippen LogP contribution < -0.4 is 10.2 Å². The van der Waals surface area contributed by atoms with Gasteiger partial charge in [0.15, 0.2) is 0 Å². The Morgan fingerprint density at radius 1 is 1.26 bits per heavy atom. The van der Waals surface area contributed by atoms with Gasteiger partial charge in [-0.1, -0.05) is 6.07 Å². The number of anilines is 2. The zero-order valence-electron chi connectivity index (χ0n) is 19.6. The number of nitrogens with one attached hydrogen (secondary N) is 1. The third-order valence-electron chi connectivity index (χ3n) is 6.58. The number of morpholine rings is 1. The van der Waals surface area contributed by atoms with Crippen LogP contribution in [0.2, 0.25) is 0 Å². The van der Waals surface area contributed by atoms with E-state index in [1.54, 1.807) is 12.1 Å². The normalized spacial score (nSPS) is 17.8. The van der Waals surface area contributed by atoms with Gasteiger partial charge in [-0.2, -0.15) is 0 Å². The van der Waals surface area contributed by atoms with Crippen LogP contribution in [0.25, 0.3) is 0 Å². The number of carbonyl (C=O) groups is 2. The average molecular weight is 488 g/mol. The minimum Gasteiger partial charge on any atom is -0.478 e. The summed E-state index contributed by atoms with van der Waals surface area (Å²) in [5.74, 6) is -0.842. The average Bonchev–Trinajstić information content (AvgIpc) is 3.40. The van der Waals surface area contributed by atoms with Crippen molar-refractivity contribution in [2.75, 3.05) is 69.7 Å². The number of carboxylic acids is 1. The van der Waals surface area contributed by atoms with Crippen LogP contribution in [-0.4, -0.2) is 97.3 Å². The molecule has 34 heavy (non-hydrogen) atoms. The predicted molar refractivity (Wildman–Crippen MR) is 133 cm³/mol. The van der Waals surface area contributed by atoms with Crippen LogP contribution in [0.1, 0.15) is 39.3 Å². The lowest BCUT2D eigenvalue weighted by atomic mass is 10.0. The second-order valence-corrected chi connectivity index (χ2v) is 9.79. The zero-order valence-corrected chi connectivity index (χ0v) is 20.4. The summed E-state index contributed by atoms with van der Waals surface area (Å²) in [6, 6.07) is 5.51. The number of hydrogen-bond acceptors (Lipinski definition) is 8. The van der Waals surface area contributed by atoms with Crippen LogP contribution in [0.5, 0.6) is 0 Å². The number of piperidine rings is 1. The van der Waals surface area contributed by atoms with Crippen molar-refractivity contribution in [1.29, 1.82) is 0 Å². The minimum atomic E-state index is -1.04. The molecule has 2 aliphatic rings. The molecule has 10 heteroatoms. The highest BCUT2D eigenvalue weighted by Gasteiger charge is 2.26. The maximum atomic E-state index is 12.3. The molecule has 2 aromatic heterocycles. The maximum Gasteiger partial charge on any atom is 0.339 e. The van der Waals surface area contributed by atoms with Gasteiger partial charge in [-0.05, 0) is 56.9 Å². The van der Waals surface area contributed by atoms with Crippen molar-refractivity contribution in [3.05, 3.63) is 40.2 Å². The molecule has 0 bridgehead atoms. The van der Waals surface area contributed by atoms with Crippen molar-refractivity contribution in [3.8, 4) is 0 Å². The molecule has 4 heterocycles. The van der Waals surface area contributed by atoms with Gasteiger partial charge in [-0.25, -0.2) is 9.78 Å². The summed E-state index contributed by atoms with van der Waals surface area (Å²) >= 11 is 1.33. The first-order valence-electron chi connectivity index (χ1n) is 11.8. The number of ether oxygens (including phenoxy) is 1. The third kappa shape index (κ3) is 6.32. The van der Waals surface area contributed by atoms with Crippen molar-refractivity contribution in [1.82, 2.24) is 14.8 Å². The van der Waals surface area contributed by atoms with E-state index in [4.69, 9.17) is 4.74 Å². The number of pyridine rings is 1. The lowest BCUT2D eigenvalue weighted by molar-refractivity contribution is 0.0357. The molecule has 4 rings (SSSR count). The Morgan fingerprint density at radius 3 is 2.71 bits per heavy atom. The fourth-order valence-corrected chi connectivity index (χ4v) is 5.22. The van der Waals surface area contributed by atoms with Crippen LogP contribution >= 0.6 is 11.3 Å². The zero-order chi connectivity index (χ0) is 23.9. The van der Waals surface area contributed by atoms with Crippen molar-refractivity contribution >= 4 is 34.7 Å². The summed E-state index contributed by atoms with van der Waals surface area (Å²) in [5, 5.41) is 14.4. The molecular formula is C24H33N5O4S. The van der Waals surface area contributed by atoms with Gasteiger partial charge in [0.25, 0.3) is 5.91 Å². The van der Waals surface area contributed by atoms with Crippen LogP contribution in [-0.2, 0) is 4.74 Å². The van der Waals surface area contributed by atoms with E-state index in [9.17, 15) is 14.7 Å². The lowest BCUT2D eigenvalue weighted by Crippen LogP contribution is -2.45. The summed E-state index contributed by atoms with van der Waals surface area (Å²) < 4.78 is 5.41. The summed E-state index contributed by atoms with van der Waals surface area (Å²) in [4.78, 5) is 36.2. The Labute approximate surface area is 204 Å². The van der Waals surface area contributed by atoms with Gasteiger partial charge in [-0.3, -0.25) is 9.69 Å². The van der Waals surface area contributed by atoms with Crippen LogP contribution in [0.15, 0.2) is 29.8 Å². The van der Waals surface area contributed by atoms with Crippen molar-refractivity contribution in [2.24, 2.45) is 0 Å². The second kappa shape index (κ2) is 11.7. The van der Waals surface area contributed by atoms with E-state index in [0.29, 0.717) is 22.4 Å². The summed E-state index contributed by atoms with van der Waals surface area (Å²) in [6.45, 7) is 7.40. The maximum absolute atomic E-state index is 12.3. The topological polar surface area (TPSA) is 98.2 Å². The van der Waals surface area contributed by atoms with Gasteiger partial charge in [-0.15, -0.1) is 11.3 Å². The van der Waals surface area contributed by atoms with Crippen LogP contribution in [0.4, 0.5) is 11.5 Å². The first-order valence-corrected chi connectivity index (χ1v) is 12.7. The third-order valence-corrected chi connectivity index (χ3v) is 7.44. The van der Waals surface area contributed by atoms with E-state index in [2.05, 4.69) is 27.1 Å². The molecule has 0 radical (unpaired) electrons. The molecule has 2 fully saturated rings. The van der Waals surface area contributed by atoms with E-state index in [-0.39, 0.29) is 11.5 Å². The molecule has 2 aliphatic heterocycles. The quantitative estimate of drug-likeness (QED) is 0.557. The van der Waals surface area contributed by atoms with E-state index in [1.165, 1.54) is 23.6 Å². The van der Waals surface area contributed by atoms with Gasteiger partial charge in [0.05, 0.1) is 30.0 Å². The molecule has 0 spiro atoms. The molecule has 0 aromatic carbocycles. The molecule has 0 atom stereocenters. The Kier molecular flexibility index (Phi) is 8.49. The fourth-order valence-electron chi connectivity index (χ4n) is 4.61. The molecular weight excluding hydrogens is 454 g/mol. The molecule has 0 aliphatic carbocycles. The Bertz CT molecular complexity index is 956. The Hall–Kier alpha value is -2.53. The van der Waals surface area contributed by atoms with Gasteiger partial charge < -0.3 is 25.0 Å². The SMILES string of the molecule is CN(CCCN1CCOCC1)C1CCN(c2ncc(NC(=O)c3cccs3)cc2C(=O)O)CC1. The number of carboxylic acid groups (broad SMARTS) is 1. The van der Waals surface area contributed by atoms with Gasteiger partial charge >= 0.3 is 5.97 Å². The standard InChI is InChI=1S/C24H33N5O4S/c1-27(7-3-8-28-11-13-33-14-12-28)19-5-9-29(10-6-19)22-20(24(31)32)16-18(17-25-22)26-23(30)21-4-2-15-34-21/h2,4,15-17,19H,3,5-14H2,1H3,(H,26,30)(H,31,32). The largest absolute Gasteiger partial charge is 0.478 e. The Balaban J connectivity index is 1.30. The monoisotopic (exact) mass is 487 g/mol. The number of thiophene rings is 1. The number of nitrogens with zero attached hydrogens (tertiary/aromatic N) is 4. The summed E-state index contributed by atoms with van der Waals surface area (Å²) in [6.07, 6.45) is 4.61. The van der Waals surface area contributed by atoms with E-state index < -0.39 is 5.97 Å². The number of hydrogen-bond donors (Lipinski definition) is 2. The molecule has 1 amide bonds. The van der Waals surface area contributed by atoms with Gasteiger partial charge in [0, 0.05) is 32.2 Å². The van der Waals surface area contributed by atoms with E-state index >= 15 is 0 Å². The van der Waals surface area contributed by atoms with E-state index in [1.807, 2.05) is 10.3 Å². The number of rotatable bonds is 9. The molecule has 9 nitrogen and oxygen atoms in total.